The quantitative estimate of drug-likeness (QED) is 0.367. The number of nitrogens with two attached hydrogens (primary N) is 1. The van der Waals surface area contributed by atoms with Crippen LogP contribution in [0.2, 0.25) is 0 Å². The molecule has 0 spiro atoms. The molecule has 172 valence electrons. The Labute approximate surface area is 199 Å². The third-order valence-corrected chi connectivity index (χ3v) is 6.68. The number of aliphatic hydroxyl groups is 1. The average Bonchev–Trinajstić information content (AvgIpc) is 3.11. The minimum atomic E-state index is -1.63. The van der Waals surface area contributed by atoms with Gasteiger partial charge in [0.05, 0.1) is 16.9 Å². The number of fused-ring (bicyclic) bond motifs is 1. The van der Waals surface area contributed by atoms with Crippen LogP contribution in [0.5, 0.6) is 0 Å². The van der Waals surface area contributed by atoms with Crippen molar-refractivity contribution in [2.75, 3.05) is 32.4 Å². The second kappa shape index (κ2) is 8.71. The number of rotatable bonds is 2. The molecule has 2 saturated heterocycles. The van der Waals surface area contributed by atoms with Crippen LogP contribution in [0.15, 0.2) is 30.3 Å². The summed E-state index contributed by atoms with van der Waals surface area (Å²) in [6, 6.07) is 9.76. The maximum absolute atomic E-state index is 12.2. The summed E-state index contributed by atoms with van der Waals surface area (Å²) in [5.74, 6) is 6.16. The molecular formula is C25H27BN6O2. The summed E-state index contributed by atoms with van der Waals surface area (Å²) in [7, 11) is 3.52. The van der Waals surface area contributed by atoms with Gasteiger partial charge in [0.2, 0.25) is 5.60 Å². The Morgan fingerprint density at radius 1 is 1.21 bits per heavy atom. The van der Waals surface area contributed by atoms with Gasteiger partial charge in [-0.2, -0.15) is 0 Å². The molecule has 5 rings (SSSR count). The number of nitrogens with zero attached hydrogens (tertiary/aromatic N) is 4. The fourth-order valence-corrected chi connectivity index (χ4v) is 4.76. The van der Waals surface area contributed by atoms with Crippen LogP contribution in [0.25, 0.3) is 22.3 Å². The molecule has 0 radical (unpaired) electrons. The molecule has 0 unspecified atom stereocenters. The van der Waals surface area contributed by atoms with Gasteiger partial charge in [0.25, 0.3) is 5.91 Å². The molecule has 1 aromatic carbocycles. The van der Waals surface area contributed by atoms with E-state index in [-0.39, 0.29) is 5.91 Å². The Morgan fingerprint density at radius 3 is 2.74 bits per heavy atom. The van der Waals surface area contributed by atoms with E-state index in [1.54, 1.807) is 7.05 Å². The van der Waals surface area contributed by atoms with Crippen LogP contribution in [0.3, 0.4) is 0 Å². The van der Waals surface area contributed by atoms with E-state index in [4.69, 9.17) is 15.7 Å². The highest BCUT2D eigenvalue weighted by Gasteiger charge is 2.42. The normalized spacial score (nSPS) is 21.0. The molecule has 4 N–H and O–H groups in total. The Balaban J connectivity index is 1.58. The first-order valence-corrected chi connectivity index (χ1v) is 11.6. The summed E-state index contributed by atoms with van der Waals surface area (Å²) in [6.07, 6.45) is 2.35. The van der Waals surface area contributed by atoms with Gasteiger partial charge in [0.1, 0.15) is 5.52 Å². The van der Waals surface area contributed by atoms with Crippen LogP contribution in [-0.2, 0) is 4.79 Å². The minimum Gasteiger partial charge on any atom is -0.382 e. The first-order valence-electron chi connectivity index (χ1n) is 11.6. The van der Waals surface area contributed by atoms with E-state index in [9.17, 15) is 9.90 Å². The van der Waals surface area contributed by atoms with Gasteiger partial charge in [-0.3, -0.25) is 4.79 Å². The van der Waals surface area contributed by atoms with Crippen molar-refractivity contribution in [3.05, 3.63) is 41.5 Å². The molecule has 0 saturated carbocycles. The Bertz CT molecular complexity index is 1340. The van der Waals surface area contributed by atoms with E-state index >= 15 is 0 Å². The van der Waals surface area contributed by atoms with Gasteiger partial charge in [-0.05, 0) is 55.6 Å². The van der Waals surface area contributed by atoms with Crippen molar-refractivity contribution >= 4 is 36.3 Å². The molecule has 0 bridgehead atoms. The molecule has 4 heterocycles. The van der Waals surface area contributed by atoms with E-state index in [0.29, 0.717) is 41.5 Å². The molecule has 0 aliphatic carbocycles. The summed E-state index contributed by atoms with van der Waals surface area (Å²) in [6.45, 7) is 2.42. The number of carbonyl (C=O) groups excluding carboxylic acids is 1. The topological polar surface area (TPSA) is 117 Å². The minimum absolute atomic E-state index is 0.305. The predicted molar refractivity (Wildman–Crippen MR) is 134 cm³/mol. The maximum Gasteiger partial charge on any atom is 0.267 e. The smallest absolute Gasteiger partial charge is 0.267 e. The lowest BCUT2D eigenvalue weighted by Gasteiger charge is -2.24. The molecule has 1 atom stereocenters. The summed E-state index contributed by atoms with van der Waals surface area (Å²) in [5, 5.41) is 14.0. The number of amides is 1. The van der Waals surface area contributed by atoms with Crippen molar-refractivity contribution in [2.24, 2.45) is 0 Å². The lowest BCUT2D eigenvalue weighted by atomic mass is 9.88. The number of likely N-dealkylation sites (N-methyl/N-ethyl adjacent to an activating group) is 1. The van der Waals surface area contributed by atoms with Crippen molar-refractivity contribution in [3.8, 4) is 23.1 Å². The van der Waals surface area contributed by atoms with Gasteiger partial charge in [-0.1, -0.05) is 24.0 Å². The highest BCUT2D eigenvalue weighted by atomic mass is 16.3. The zero-order valence-corrected chi connectivity index (χ0v) is 19.4. The van der Waals surface area contributed by atoms with Gasteiger partial charge < -0.3 is 21.1 Å². The molecule has 1 amide bonds. The predicted octanol–water partition coefficient (Wildman–Crippen LogP) is -0.0559. The van der Waals surface area contributed by atoms with Crippen LogP contribution in [0, 0.1) is 11.8 Å². The number of hydrogen-bond donors (Lipinski definition) is 3. The molecular weight excluding hydrogens is 427 g/mol. The van der Waals surface area contributed by atoms with Crippen molar-refractivity contribution < 1.29 is 9.90 Å². The number of carbonyl (C=O) groups is 1. The summed E-state index contributed by atoms with van der Waals surface area (Å²) in [5.41, 5.74) is 10.2. The SMILES string of the molecule is Bc1nc(N)c2nc(-c3cccc(C#C[C@]4(O)CCN(C)C4=O)c3)cc(C3CCNCC3)c2n1. The number of hydrogen-bond acceptors (Lipinski definition) is 7. The van der Waals surface area contributed by atoms with Crippen LogP contribution in [0.1, 0.15) is 36.3 Å². The number of nitrogen functional groups attached to an aromatic ring is 1. The van der Waals surface area contributed by atoms with Gasteiger partial charge in [-0.25, -0.2) is 15.0 Å². The summed E-state index contributed by atoms with van der Waals surface area (Å²) < 4.78 is 0. The first-order chi connectivity index (χ1) is 16.3. The van der Waals surface area contributed by atoms with E-state index in [1.165, 1.54) is 4.90 Å². The van der Waals surface area contributed by atoms with E-state index in [0.717, 1.165) is 48.3 Å². The molecule has 8 nitrogen and oxygen atoms in total. The second-order valence-electron chi connectivity index (χ2n) is 9.14. The van der Waals surface area contributed by atoms with Crippen LogP contribution in [0.4, 0.5) is 5.82 Å². The number of pyridine rings is 1. The summed E-state index contributed by atoms with van der Waals surface area (Å²) in [4.78, 5) is 27.6. The van der Waals surface area contributed by atoms with Gasteiger partial charge >= 0.3 is 0 Å². The maximum atomic E-state index is 12.2. The van der Waals surface area contributed by atoms with Gasteiger partial charge in [0, 0.05) is 31.1 Å². The lowest BCUT2D eigenvalue weighted by molar-refractivity contribution is -0.137. The second-order valence-corrected chi connectivity index (χ2v) is 9.14. The molecule has 2 fully saturated rings. The first kappa shape index (κ1) is 22.3. The molecule has 9 heteroatoms. The Morgan fingerprint density at radius 2 is 2.00 bits per heavy atom. The van der Waals surface area contributed by atoms with Crippen molar-refractivity contribution in [1.29, 1.82) is 0 Å². The largest absolute Gasteiger partial charge is 0.382 e. The monoisotopic (exact) mass is 454 g/mol. The number of likely N-dealkylation sites (tertiary alicyclic amines) is 1. The standard InChI is InChI=1S/C25H27BN6O2/c1-32-12-9-25(34,23(32)33)8-5-15-3-2-4-17(13-15)19-14-18(16-6-10-28-11-7-16)20-21(29-19)22(27)31-24(26)30-20/h2-4,13-14,16,28,34H,6-7,9-12,26H2,1H3,(H2,27,30,31)/t25-/m0/s1. The Hall–Kier alpha value is -3.48. The van der Waals surface area contributed by atoms with E-state index < -0.39 is 5.60 Å². The lowest BCUT2D eigenvalue weighted by Crippen LogP contribution is -2.37. The van der Waals surface area contributed by atoms with Crippen molar-refractivity contribution in [1.82, 2.24) is 25.2 Å². The molecule has 2 aliphatic heterocycles. The Kier molecular flexibility index (Phi) is 5.72. The fraction of sp³-hybridized carbons (Fsp3) is 0.360. The highest BCUT2D eigenvalue weighted by Crippen LogP contribution is 2.34. The number of aromatic nitrogens is 3. The zero-order valence-electron chi connectivity index (χ0n) is 19.4. The van der Waals surface area contributed by atoms with Gasteiger partial charge in [-0.15, -0.1) is 0 Å². The molecule has 2 aliphatic rings. The van der Waals surface area contributed by atoms with Crippen molar-refractivity contribution in [3.63, 3.8) is 0 Å². The fourth-order valence-electron chi connectivity index (χ4n) is 4.76. The number of anilines is 1. The van der Waals surface area contributed by atoms with Gasteiger partial charge in [0.15, 0.2) is 13.7 Å². The van der Waals surface area contributed by atoms with Crippen molar-refractivity contribution in [2.45, 2.75) is 30.8 Å². The number of benzene rings is 1. The number of nitrogens with one attached hydrogen (secondary N) is 1. The third kappa shape index (κ3) is 4.11. The zero-order chi connectivity index (χ0) is 23.9. The van der Waals surface area contributed by atoms with Crippen LogP contribution >= 0.6 is 0 Å². The summed E-state index contributed by atoms with van der Waals surface area (Å²) >= 11 is 0. The van der Waals surface area contributed by atoms with Crippen LogP contribution in [-0.4, -0.2) is 71.0 Å². The van der Waals surface area contributed by atoms with E-state index in [2.05, 4.69) is 28.2 Å². The number of piperidine rings is 1. The third-order valence-electron chi connectivity index (χ3n) is 6.68. The molecule has 34 heavy (non-hydrogen) atoms. The van der Waals surface area contributed by atoms with Crippen LogP contribution < -0.4 is 16.8 Å². The highest BCUT2D eigenvalue weighted by molar-refractivity contribution is 6.29. The molecule has 2 aromatic heterocycles. The van der Waals surface area contributed by atoms with E-state index in [1.807, 2.05) is 32.1 Å². The molecule has 3 aromatic rings. The average molecular weight is 454 g/mol.